The van der Waals surface area contributed by atoms with Crippen LogP contribution in [-0.2, 0) is 11.2 Å². The van der Waals surface area contributed by atoms with Crippen molar-refractivity contribution < 1.29 is 9.90 Å². The van der Waals surface area contributed by atoms with Crippen LogP contribution >= 0.6 is 0 Å². The molecule has 5 heteroatoms. The summed E-state index contributed by atoms with van der Waals surface area (Å²) in [4.78, 5) is 17.7. The number of aliphatic hydroxyl groups excluding tert-OH is 1. The topological polar surface area (TPSA) is 69.8 Å². The van der Waals surface area contributed by atoms with E-state index in [9.17, 15) is 9.90 Å². The van der Waals surface area contributed by atoms with Crippen molar-refractivity contribution >= 4 is 11.6 Å². The molecule has 2 bridgehead atoms. The molecule has 0 spiro atoms. The molecule has 172 valence electrons. The maximum absolute atomic E-state index is 13.2. The van der Waals surface area contributed by atoms with Gasteiger partial charge in [0.05, 0.1) is 6.10 Å². The number of aryl methyl sites for hydroxylation is 1. The second-order valence-electron chi connectivity index (χ2n) is 10.9. The zero-order valence-corrected chi connectivity index (χ0v) is 19.4. The number of piperidine rings is 2. The fraction of sp³-hybridized carbons (Fsp3) is 0.731. The summed E-state index contributed by atoms with van der Waals surface area (Å²) in [7, 11) is 0. The van der Waals surface area contributed by atoms with Crippen LogP contribution in [0.3, 0.4) is 0 Å². The summed E-state index contributed by atoms with van der Waals surface area (Å²) in [5, 5.41) is 10.9. The lowest BCUT2D eigenvalue weighted by molar-refractivity contribution is -0.120. The number of para-hydroxylation sites is 1. The second-order valence-corrected chi connectivity index (χ2v) is 10.9. The van der Waals surface area contributed by atoms with E-state index in [2.05, 4.69) is 30.9 Å². The van der Waals surface area contributed by atoms with Crippen molar-refractivity contribution in [1.82, 2.24) is 4.90 Å². The van der Waals surface area contributed by atoms with E-state index in [0.29, 0.717) is 31.5 Å². The summed E-state index contributed by atoms with van der Waals surface area (Å²) in [5.74, 6) is 0.171. The number of nitrogens with zero attached hydrogens (tertiary/aromatic N) is 2. The second kappa shape index (κ2) is 9.60. The van der Waals surface area contributed by atoms with E-state index >= 15 is 0 Å². The van der Waals surface area contributed by atoms with Crippen LogP contribution in [0.4, 0.5) is 5.69 Å². The molecule has 3 N–H and O–H groups in total. The zero-order chi connectivity index (χ0) is 22.0. The molecule has 2 atom stereocenters. The van der Waals surface area contributed by atoms with E-state index in [-0.39, 0.29) is 17.4 Å². The number of fused-ring (bicyclic) bond motifs is 3. The Hall–Kier alpha value is -1.43. The van der Waals surface area contributed by atoms with Crippen molar-refractivity contribution in [2.45, 2.75) is 102 Å². The Bertz CT molecular complexity index is 743. The van der Waals surface area contributed by atoms with Crippen LogP contribution in [0.25, 0.3) is 0 Å². The monoisotopic (exact) mass is 427 g/mol. The van der Waals surface area contributed by atoms with Gasteiger partial charge in [-0.15, -0.1) is 0 Å². The molecule has 2 fully saturated rings. The van der Waals surface area contributed by atoms with Crippen LogP contribution in [0.2, 0.25) is 0 Å². The van der Waals surface area contributed by atoms with Crippen LogP contribution in [0.15, 0.2) is 24.3 Å². The van der Waals surface area contributed by atoms with Crippen molar-refractivity contribution in [2.75, 3.05) is 18.0 Å². The normalized spacial score (nSPS) is 26.3. The predicted molar refractivity (Wildman–Crippen MR) is 126 cm³/mol. The van der Waals surface area contributed by atoms with Crippen molar-refractivity contribution in [3.05, 3.63) is 29.8 Å². The first kappa shape index (κ1) is 22.8. The van der Waals surface area contributed by atoms with E-state index in [4.69, 9.17) is 5.73 Å². The Kier molecular flexibility index (Phi) is 7.04. The number of amides is 1. The summed E-state index contributed by atoms with van der Waals surface area (Å²) in [6.07, 6.45) is 10.3. The zero-order valence-electron chi connectivity index (χ0n) is 19.4. The summed E-state index contributed by atoms with van der Waals surface area (Å²) in [6, 6.07) is 9.20. The Labute approximate surface area is 188 Å². The molecule has 3 aliphatic rings. The highest BCUT2D eigenvalue weighted by Gasteiger charge is 2.37. The number of benzene rings is 1. The minimum Gasteiger partial charge on any atom is -0.390 e. The SMILES string of the molecule is CC(C)(CC(=O)N1CCCc2ccccc21)C[C@H](N)[C@@H](O)CN1C2CCCC1CCC2. The van der Waals surface area contributed by atoms with Crippen LogP contribution in [0, 0.1) is 5.41 Å². The number of rotatable bonds is 7. The first-order valence-electron chi connectivity index (χ1n) is 12.4. The lowest BCUT2D eigenvalue weighted by atomic mass is 9.80. The molecule has 0 aromatic heterocycles. The number of aliphatic hydroxyl groups is 1. The van der Waals surface area contributed by atoms with E-state index in [0.717, 1.165) is 25.1 Å². The van der Waals surface area contributed by atoms with Crippen molar-refractivity contribution in [3.63, 3.8) is 0 Å². The Morgan fingerprint density at radius 3 is 2.45 bits per heavy atom. The first-order valence-corrected chi connectivity index (χ1v) is 12.4. The van der Waals surface area contributed by atoms with Crippen LogP contribution in [-0.4, -0.2) is 53.2 Å². The number of nitrogens with two attached hydrogens (primary N) is 1. The first-order chi connectivity index (χ1) is 14.8. The van der Waals surface area contributed by atoms with E-state index in [1.54, 1.807) is 0 Å². The lowest BCUT2D eigenvalue weighted by Gasteiger charge is -2.47. The van der Waals surface area contributed by atoms with Gasteiger partial charge in [0.25, 0.3) is 0 Å². The molecule has 0 unspecified atom stereocenters. The summed E-state index contributed by atoms with van der Waals surface area (Å²) >= 11 is 0. The predicted octanol–water partition coefficient (Wildman–Crippen LogP) is 3.87. The smallest absolute Gasteiger partial charge is 0.227 e. The standard InChI is InChI=1S/C26H41N3O2/c1-26(2,17-25(31)28-15-7-9-19-8-3-4-14-23(19)28)16-22(27)24(30)18-29-20-10-5-11-21(29)13-6-12-20/h3-4,8,14,20-22,24,30H,5-7,9-13,15-18,27H2,1-2H3/t20?,21?,22-,24-/m0/s1. The third-order valence-electron chi connectivity index (χ3n) is 7.81. The summed E-state index contributed by atoms with van der Waals surface area (Å²) in [6.45, 7) is 5.70. The van der Waals surface area contributed by atoms with Gasteiger partial charge in [0.1, 0.15) is 0 Å². The molecule has 0 radical (unpaired) electrons. The lowest BCUT2D eigenvalue weighted by Crippen LogP contribution is -2.55. The van der Waals surface area contributed by atoms with Gasteiger partial charge < -0.3 is 15.7 Å². The molecular weight excluding hydrogens is 386 g/mol. The van der Waals surface area contributed by atoms with Gasteiger partial charge in [-0.25, -0.2) is 0 Å². The number of carbonyl (C=O) groups is 1. The van der Waals surface area contributed by atoms with Gasteiger partial charge >= 0.3 is 0 Å². The van der Waals surface area contributed by atoms with Crippen molar-refractivity contribution in [2.24, 2.45) is 11.1 Å². The molecule has 1 aromatic rings. The quantitative estimate of drug-likeness (QED) is 0.693. The minimum absolute atomic E-state index is 0.171. The third kappa shape index (κ3) is 5.32. The summed E-state index contributed by atoms with van der Waals surface area (Å²) in [5.41, 5.74) is 8.58. The molecular formula is C26H41N3O2. The molecule has 0 aliphatic carbocycles. The molecule has 2 saturated heterocycles. The Morgan fingerprint density at radius 2 is 1.77 bits per heavy atom. The largest absolute Gasteiger partial charge is 0.390 e. The van der Waals surface area contributed by atoms with Gasteiger partial charge in [0.2, 0.25) is 5.91 Å². The highest BCUT2D eigenvalue weighted by atomic mass is 16.3. The number of hydrogen-bond acceptors (Lipinski definition) is 4. The van der Waals surface area contributed by atoms with Gasteiger partial charge in [-0.3, -0.25) is 9.69 Å². The van der Waals surface area contributed by atoms with Crippen molar-refractivity contribution in [1.29, 1.82) is 0 Å². The third-order valence-corrected chi connectivity index (χ3v) is 7.81. The number of anilines is 1. The van der Waals surface area contributed by atoms with Crippen LogP contribution in [0.1, 0.15) is 77.2 Å². The molecule has 3 aliphatic heterocycles. The average molecular weight is 428 g/mol. The van der Waals surface area contributed by atoms with E-state index < -0.39 is 6.10 Å². The molecule has 31 heavy (non-hydrogen) atoms. The number of carbonyl (C=O) groups excluding carboxylic acids is 1. The molecule has 4 rings (SSSR count). The highest BCUT2D eigenvalue weighted by Crippen LogP contribution is 2.35. The average Bonchev–Trinajstić information content (AvgIpc) is 2.72. The molecule has 1 amide bonds. The molecule has 0 saturated carbocycles. The van der Waals surface area contributed by atoms with Crippen LogP contribution < -0.4 is 10.6 Å². The Balaban J connectivity index is 1.33. The van der Waals surface area contributed by atoms with Gasteiger partial charge in [-0.2, -0.15) is 0 Å². The van der Waals surface area contributed by atoms with Gasteiger partial charge in [0.15, 0.2) is 0 Å². The van der Waals surface area contributed by atoms with E-state index in [1.165, 1.54) is 44.1 Å². The number of hydrogen-bond donors (Lipinski definition) is 2. The van der Waals surface area contributed by atoms with Gasteiger partial charge in [-0.05, 0) is 62.0 Å². The van der Waals surface area contributed by atoms with Crippen molar-refractivity contribution in [3.8, 4) is 0 Å². The molecule has 1 aromatic carbocycles. The Morgan fingerprint density at radius 1 is 1.13 bits per heavy atom. The maximum Gasteiger partial charge on any atom is 0.227 e. The van der Waals surface area contributed by atoms with Gasteiger partial charge in [-0.1, -0.05) is 44.9 Å². The fourth-order valence-corrected chi connectivity index (χ4v) is 6.22. The fourth-order valence-electron chi connectivity index (χ4n) is 6.22. The molecule has 3 heterocycles. The maximum atomic E-state index is 13.2. The molecule has 5 nitrogen and oxygen atoms in total. The van der Waals surface area contributed by atoms with Gasteiger partial charge in [0, 0.05) is 43.3 Å². The highest BCUT2D eigenvalue weighted by molar-refractivity contribution is 5.94. The minimum atomic E-state index is -0.536. The van der Waals surface area contributed by atoms with Crippen LogP contribution in [0.5, 0.6) is 0 Å². The van der Waals surface area contributed by atoms with E-state index in [1.807, 2.05) is 17.0 Å². The summed E-state index contributed by atoms with van der Waals surface area (Å²) < 4.78 is 0.